The van der Waals surface area contributed by atoms with Crippen molar-refractivity contribution in [1.82, 2.24) is 0 Å². The van der Waals surface area contributed by atoms with E-state index in [2.05, 4.69) is 79.7 Å². The van der Waals surface area contributed by atoms with Crippen LogP contribution in [0.5, 0.6) is 0 Å². The predicted octanol–water partition coefficient (Wildman–Crippen LogP) is 1.73. The molecule has 140 valence electrons. The summed E-state index contributed by atoms with van der Waals surface area (Å²) in [5.74, 6) is 0. The summed E-state index contributed by atoms with van der Waals surface area (Å²) in [6, 6.07) is 25.5. The summed E-state index contributed by atoms with van der Waals surface area (Å²) in [5.41, 5.74) is 3.23. The number of hydrogen-bond donors (Lipinski definition) is 0. The smallest absolute Gasteiger partial charge is 0.222 e. The molecule has 0 spiro atoms. The number of hydrogen-bond acceptors (Lipinski definition) is 4. The van der Waals surface area contributed by atoms with Gasteiger partial charge in [-0.3, -0.25) is 0 Å². The molecular weight excluding hydrogens is 380 g/mol. The molecule has 5 nitrogen and oxygen atoms in total. The van der Waals surface area contributed by atoms with Gasteiger partial charge in [-0.25, -0.2) is 23.1 Å². The maximum absolute atomic E-state index is 8.49. The minimum absolute atomic E-state index is 0.976. The van der Waals surface area contributed by atoms with Crippen LogP contribution in [0.4, 0.5) is 0 Å². The zero-order valence-electron chi connectivity index (χ0n) is 14.8. The van der Waals surface area contributed by atoms with Gasteiger partial charge in [-0.1, -0.05) is 48.5 Å². The lowest BCUT2D eigenvalue weighted by Gasteiger charge is -2.17. The predicted molar refractivity (Wildman–Crippen MR) is 97.9 cm³/mol. The van der Waals surface area contributed by atoms with Crippen LogP contribution in [0.1, 0.15) is 5.56 Å². The minimum atomic E-state index is -4.94. The van der Waals surface area contributed by atoms with Crippen LogP contribution in [0, 0.1) is 17.2 Å². The maximum Gasteiger partial charge on any atom is 0.368 e. The van der Waals surface area contributed by atoms with Crippen LogP contribution in [0.15, 0.2) is 77.2 Å². The van der Waals surface area contributed by atoms with Crippen LogP contribution in [-0.4, -0.2) is 0 Å². The van der Waals surface area contributed by atoms with Crippen molar-refractivity contribution in [3.05, 3.63) is 78.4 Å². The van der Waals surface area contributed by atoms with E-state index in [4.69, 9.17) is 23.1 Å². The number of benzene rings is 4. The Hall–Kier alpha value is -2.80. The van der Waals surface area contributed by atoms with Crippen molar-refractivity contribution in [3.8, 4) is 0 Å². The second-order valence-electron chi connectivity index (χ2n) is 6.43. The van der Waals surface area contributed by atoms with Crippen LogP contribution in [0.2, 0.25) is 0 Å². The van der Waals surface area contributed by atoms with Gasteiger partial charge in [-0.15, -0.1) is 10.2 Å². The number of fused-ring (bicyclic) bond motifs is 6. The van der Waals surface area contributed by atoms with Crippen molar-refractivity contribution in [1.29, 1.82) is 0 Å². The lowest BCUT2D eigenvalue weighted by atomic mass is 9.99. The van der Waals surface area contributed by atoms with Gasteiger partial charge in [-0.2, -0.15) is 0 Å². The molecule has 5 aromatic rings. The Morgan fingerprint density at radius 2 is 0.964 bits per heavy atom. The van der Waals surface area contributed by atoms with E-state index in [1.165, 1.54) is 37.9 Å². The lowest BCUT2D eigenvalue weighted by molar-refractivity contribution is -2.00. The molecule has 0 N–H and O–H groups in total. The highest BCUT2D eigenvalue weighted by atomic mass is 35.7. The van der Waals surface area contributed by atoms with Crippen LogP contribution in [0.25, 0.3) is 43.5 Å². The van der Waals surface area contributed by atoms with E-state index in [0.717, 1.165) is 11.2 Å². The molecule has 1 heterocycles. The van der Waals surface area contributed by atoms with Gasteiger partial charge in [-0.05, 0) is 47.5 Å². The lowest BCUT2D eigenvalue weighted by Crippen LogP contribution is -2.68. The van der Waals surface area contributed by atoms with Gasteiger partial charge in [0.1, 0.15) is 0 Å². The molecule has 28 heavy (non-hydrogen) atoms. The summed E-state index contributed by atoms with van der Waals surface area (Å²) in [4.78, 5) is 0. The minimum Gasteiger partial charge on any atom is -0.222 e. The van der Waals surface area contributed by atoms with E-state index in [0.29, 0.717) is 0 Å². The van der Waals surface area contributed by atoms with E-state index in [9.17, 15) is 0 Å². The standard InChI is InChI=1S/C22H15O.ClHO4/c1-14-17-12-10-15-6-2-4-8-19(15)21(17)23-22-18(14)13-11-16-7-3-5-9-20(16)22;2-1(3,4)5/h2-13H,1H3;(H,2,3,4,5)/q+1;/p-1. The van der Waals surface area contributed by atoms with Crippen molar-refractivity contribution in [2.75, 3.05) is 0 Å². The van der Waals surface area contributed by atoms with Crippen molar-refractivity contribution >= 4 is 43.5 Å². The fraction of sp³-hybridized carbons (Fsp3) is 0.0455. The molecule has 0 aliphatic rings. The first-order valence-corrected chi connectivity index (χ1v) is 9.74. The summed E-state index contributed by atoms with van der Waals surface area (Å²) in [6.45, 7) is 2.18. The SMILES string of the molecule is Cc1c2ccc3ccccc3c2[o+]c2c1ccc1ccccc12.[O-][Cl+3]([O-])([O-])[O-]. The van der Waals surface area contributed by atoms with Crippen molar-refractivity contribution in [2.45, 2.75) is 6.92 Å². The van der Waals surface area contributed by atoms with Crippen LogP contribution in [0.3, 0.4) is 0 Å². The Balaban J connectivity index is 0.000000346. The third-order valence-corrected chi connectivity index (χ3v) is 4.77. The van der Waals surface area contributed by atoms with Gasteiger partial charge >= 0.3 is 11.2 Å². The van der Waals surface area contributed by atoms with E-state index in [1.54, 1.807) is 0 Å². The molecule has 0 fully saturated rings. The van der Waals surface area contributed by atoms with Gasteiger partial charge in [0.2, 0.25) is 0 Å². The molecule has 0 aliphatic carbocycles. The summed E-state index contributed by atoms with van der Waals surface area (Å²) in [5, 5.41) is 7.13. The quantitative estimate of drug-likeness (QED) is 0.226. The average molecular weight is 395 g/mol. The monoisotopic (exact) mass is 394 g/mol. The normalized spacial score (nSPS) is 11.8. The first kappa shape index (κ1) is 18.6. The molecule has 0 saturated heterocycles. The number of halogens is 1. The molecule has 0 aliphatic heterocycles. The van der Waals surface area contributed by atoms with Crippen molar-refractivity contribution in [3.63, 3.8) is 0 Å². The maximum atomic E-state index is 8.49. The first-order chi connectivity index (χ1) is 13.3. The van der Waals surface area contributed by atoms with Gasteiger partial charge in [0.25, 0.3) is 0 Å². The first-order valence-electron chi connectivity index (χ1n) is 8.50. The van der Waals surface area contributed by atoms with E-state index >= 15 is 0 Å². The van der Waals surface area contributed by atoms with E-state index in [1.807, 2.05) is 0 Å². The molecule has 0 unspecified atom stereocenters. The zero-order chi connectivity index (χ0) is 19.9. The Morgan fingerprint density at radius 3 is 1.39 bits per heavy atom. The molecule has 0 radical (unpaired) electrons. The molecule has 0 amide bonds. The summed E-state index contributed by atoms with van der Waals surface area (Å²) in [6.07, 6.45) is 0. The van der Waals surface area contributed by atoms with Gasteiger partial charge < -0.3 is 0 Å². The van der Waals surface area contributed by atoms with Gasteiger partial charge in [0, 0.05) is 0 Å². The average Bonchev–Trinajstić information content (AvgIpc) is 2.66. The topological polar surface area (TPSA) is 104 Å². The number of aryl methyl sites for hydroxylation is 1. The Labute approximate surface area is 162 Å². The molecule has 0 bridgehead atoms. The van der Waals surface area contributed by atoms with Crippen LogP contribution in [-0.2, 0) is 0 Å². The van der Waals surface area contributed by atoms with Crippen molar-refractivity contribution in [2.24, 2.45) is 0 Å². The second-order valence-corrected chi connectivity index (χ2v) is 7.19. The molecule has 5 rings (SSSR count). The second kappa shape index (κ2) is 6.98. The van der Waals surface area contributed by atoms with E-state index < -0.39 is 10.2 Å². The molecule has 0 saturated carbocycles. The Morgan fingerprint density at radius 1 is 0.571 bits per heavy atom. The van der Waals surface area contributed by atoms with Crippen LogP contribution >= 0.6 is 0 Å². The van der Waals surface area contributed by atoms with E-state index in [-0.39, 0.29) is 0 Å². The Kier molecular flexibility index (Phi) is 4.63. The molecule has 4 aromatic carbocycles. The Bertz CT molecular complexity index is 1230. The summed E-state index contributed by atoms with van der Waals surface area (Å²) >= 11 is 0. The third kappa shape index (κ3) is 3.49. The highest BCUT2D eigenvalue weighted by molar-refractivity contribution is 6.13. The highest BCUT2D eigenvalue weighted by Crippen LogP contribution is 2.35. The zero-order valence-corrected chi connectivity index (χ0v) is 15.6. The largest absolute Gasteiger partial charge is 0.368 e. The molecule has 6 heteroatoms. The van der Waals surface area contributed by atoms with Gasteiger partial charge in [0.15, 0.2) is 0 Å². The fourth-order valence-corrected chi connectivity index (χ4v) is 3.54. The fourth-order valence-electron chi connectivity index (χ4n) is 3.54. The summed E-state index contributed by atoms with van der Waals surface area (Å²) < 4.78 is 40.4. The third-order valence-electron chi connectivity index (χ3n) is 4.77. The molecule has 0 atom stereocenters. The molecular formula is C22H15ClO5. The summed E-state index contributed by atoms with van der Waals surface area (Å²) in [7, 11) is -4.94. The molecule has 1 aromatic heterocycles. The van der Waals surface area contributed by atoms with Crippen LogP contribution < -0.4 is 18.6 Å². The highest BCUT2D eigenvalue weighted by Gasteiger charge is 2.21. The number of rotatable bonds is 0. The van der Waals surface area contributed by atoms with Gasteiger partial charge in [0.05, 0.1) is 21.5 Å². The van der Waals surface area contributed by atoms with Crippen molar-refractivity contribution < 1.29 is 33.3 Å².